The standard InChI is InChI=1S/C12H10N4O2S/c1-6-11(19-16-15-6)12(17)14-8-3-4-10-9(5-8)13-7(2)18-10/h3-5H,1-2H3,(H,14,17). The second-order valence-corrected chi connectivity index (χ2v) is 4.81. The third kappa shape index (κ3) is 2.19. The number of carbonyl (C=O) groups excluding carboxylic acids is 1. The number of oxazole rings is 1. The molecule has 1 N–H and O–H groups in total. The van der Waals surface area contributed by atoms with Gasteiger partial charge in [0.25, 0.3) is 5.91 Å². The minimum Gasteiger partial charge on any atom is -0.441 e. The Morgan fingerprint density at radius 3 is 2.95 bits per heavy atom. The normalized spacial score (nSPS) is 10.8. The van der Waals surface area contributed by atoms with Gasteiger partial charge in [-0.2, -0.15) is 0 Å². The third-order valence-electron chi connectivity index (χ3n) is 2.61. The average molecular weight is 274 g/mol. The van der Waals surface area contributed by atoms with Gasteiger partial charge in [0.2, 0.25) is 0 Å². The summed E-state index contributed by atoms with van der Waals surface area (Å²) in [5.41, 5.74) is 2.71. The van der Waals surface area contributed by atoms with Crippen molar-refractivity contribution in [2.45, 2.75) is 13.8 Å². The fourth-order valence-electron chi connectivity index (χ4n) is 1.75. The maximum Gasteiger partial charge on any atom is 0.269 e. The molecule has 96 valence electrons. The summed E-state index contributed by atoms with van der Waals surface area (Å²) >= 11 is 1.08. The molecule has 0 saturated heterocycles. The van der Waals surface area contributed by atoms with Crippen molar-refractivity contribution in [3.05, 3.63) is 34.7 Å². The van der Waals surface area contributed by atoms with Crippen LogP contribution in [0.4, 0.5) is 5.69 Å². The van der Waals surface area contributed by atoms with Gasteiger partial charge in [-0.05, 0) is 36.7 Å². The zero-order valence-electron chi connectivity index (χ0n) is 10.3. The fourth-order valence-corrected chi connectivity index (χ4v) is 2.30. The molecule has 1 amide bonds. The topological polar surface area (TPSA) is 80.9 Å². The molecule has 0 unspecified atom stereocenters. The van der Waals surface area contributed by atoms with E-state index in [1.807, 2.05) is 0 Å². The summed E-state index contributed by atoms with van der Waals surface area (Å²) in [5.74, 6) is 0.382. The molecule has 0 atom stereocenters. The molecule has 0 aliphatic heterocycles. The van der Waals surface area contributed by atoms with Gasteiger partial charge in [-0.1, -0.05) is 4.49 Å². The molecular weight excluding hydrogens is 264 g/mol. The molecule has 0 aliphatic carbocycles. The number of aryl methyl sites for hydroxylation is 2. The minimum atomic E-state index is -0.216. The summed E-state index contributed by atoms with van der Waals surface area (Å²) in [6, 6.07) is 5.32. The van der Waals surface area contributed by atoms with Gasteiger partial charge < -0.3 is 9.73 Å². The lowest BCUT2D eigenvalue weighted by atomic mass is 10.2. The lowest BCUT2D eigenvalue weighted by Gasteiger charge is -2.02. The van der Waals surface area contributed by atoms with Crippen LogP contribution in [-0.4, -0.2) is 20.5 Å². The zero-order chi connectivity index (χ0) is 13.4. The van der Waals surface area contributed by atoms with Gasteiger partial charge >= 0.3 is 0 Å². The highest BCUT2D eigenvalue weighted by molar-refractivity contribution is 7.08. The van der Waals surface area contributed by atoms with Crippen molar-refractivity contribution >= 4 is 34.2 Å². The second-order valence-electron chi connectivity index (χ2n) is 4.06. The smallest absolute Gasteiger partial charge is 0.269 e. The van der Waals surface area contributed by atoms with Crippen LogP contribution >= 0.6 is 11.5 Å². The van der Waals surface area contributed by atoms with E-state index in [0.29, 0.717) is 27.7 Å². The second kappa shape index (κ2) is 4.43. The van der Waals surface area contributed by atoms with Gasteiger partial charge in [-0.15, -0.1) is 5.10 Å². The number of nitrogens with one attached hydrogen (secondary N) is 1. The van der Waals surface area contributed by atoms with E-state index in [0.717, 1.165) is 17.0 Å². The summed E-state index contributed by atoms with van der Waals surface area (Å²) in [4.78, 5) is 16.7. The molecule has 7 heteroatoms. The Labute approximate surface area is 112 Å². The Kier molecular flexibility index (Phi) is 2.75. The Morgan fingerprint density at radius 1 is 1.37 bits per heavy atom. The van der Waals surface area contributed by atoms with E-state index < -0.39 is 0 Å². The molecule has 3 rings (SSSR count). The number of carbonyl (C=O) groups is 1. The van der Waals surface area contributed by atoms with Crippen molar-refractivity contribution in [2.75, 3.05) is 5.32 Å². The number of aromatic nitrogens is 3. The van der Waals surface area contributed by atoms with Gasteiger partial charge in [-0.25, -0.2) is 4.98 Å². The Balaban J connectivity index is 1.89. The number of benzene rings is 1. The van der Waals surface area contributed by atoms with E-state index in [1.165, 1.54) is 0 Å². The molecule has 1 aromatic carbocycles. The van der Waals surface area contributed by atoms with Crippen molar-refractivity contribution in [3.63, 3.8) is 0 Å². The van der Waals surface area contributed by atoms with Crippen LogP contribution in [0.15, 0.2) is 22.6 Å². The zero-order valence-corrected chi connectivity index (χ0v) is 11.1. The van der Waals surface area contributed by atoms with Crippen LogP contribution in [0, 0.1) is 13.8 Å². The van der Waals surface area contributed by atoms with Gasteiger partial charge in [0, 0.05) is 12.6 Å². The maximum atomic E-state index is 12.0. The summed E-state index contributed by atoms with van der Waals surface area (Å²) in [6.45, 7) is 3.53. The average Bonchev–Trinajstić information content (AvgIpc) is 2.93. The predicted molar refractivity (Wildman–Crippen MR) is 71.3 cm³/mol. The largest absolute Gasteiger partial charge is 0.441 e. The van der Waals surface area contributed by atoms with E-state index in [9.17, 15) is 4.79 Å². The van der Waals surface area contributed by atoms with Gasteiger partial charge in [0.15, 0.2) is 11.5 Å². The first-order valence-corrected chi connectivity index (χ1v) is 6.38. The monoisotopic (exact) mass is 274 g/mol. The highest BCUT2D eigenvalue weighted by Crippen LogP contribution is 2.20. The molecule has 0 aliphatic rings. The van der Waals surface area contributed by atoms with E-state index in [1.54, 1.807) is 32.0 Å². The molecule has 0 saturated carbocycles. The van der Waals surface area contributed by atoms with Gasteiger partial charge in [0.1, 0.15) is 10.4 Å². The van der Waals surface area contributed by atoms with Crippen molar-refractivity contribution in [2.24, 2.45) is 0 Å². The van der Waals surface area contributed by atoms with Crippen LogP contribution in [0.3, 0.4) is 0 Å². The molecule has 19 heavy (non-hydrogen) atoms. The molecule has 0 bridgehead atoms. The Hall–Kier alpha value is -2.28. The number of hydrogen-bond donors (Lipinski definition) is 1. The summed E-state index contributed by atoms with van der Waals surface area (Å²) in [5, 5.41) is 6.61. The molecule has 0 spiro atoms. The first-order chi connectivity index (χ1) is 9.13. The number of hydrogen-bond acceptors (Lipinski definition) is 6. The van der Waals surface area contributed by atoms with Crippen LogP contribution in [0.1, 0.15) is 21.3 Å². The predicted octanol–water partition coefficient (Wildman–Crippen LogP) is 2.55. The summed E-state index contributed by atoms with van der Waals surface area (Å²) in [7, 11) is 0. The SMILES string of the molecule is Cc1nc2cc(NC(=O)c3snnc3C)ccc2o1. The van der Waals surface area contributed by atoms with Crippen LogP contribution in [0.2, 0.25) is 0 Å². The van der Waals surface area contributed by atoms with Crippen LogP contribution in [0.5, 0.6) is 0 Å². The van der Waals surface area contributed by atoms with Gasteiger partial charge in [-0.3, -0.25) is 4.79 Å². The maximum absolute atomic E-state index is 12.0. The van der Waals surface area contributed by atoms with Crippen LogP contribution < -0.4 is 5.32 Å². The third-order valence-corrected chi connectivity index (χ3v) is 3.44. The highest BCUT2D eigenvalue weighted by atomic mass is 32.1. The summed E-state index contributed by atoms with van der Waals surface area (Å²) in [6.07, 6.45) is 0. The Bertz CT molecular complexity index is 762. The van der Waals surface area contributed by atoms with E-state index in [4.69, 9.17) is 4.42 Å². The van der Waals surface area contributed by atoms with E-state index in [2.05, 4.69) is 19.9 Å². The molecule has 0 fully saturated rings. The quantitative estimate of drug-likeness (QED) is 0.776. The molecule has 2 aromatic heterocycles. The van der Waals surface area contributed by atoms with Crippen molar-refractivity contribution in [3.8, 4) is 0 Å². The first-order valence-electron chi connectivity index (χ1n) is 5.61. The molecule has 6 nitrogen and oxygen atoms in total. The lowest BCUT2D eigenvalue weighted by molar-refractivity contribution is 0.103. The highest BCUT2D eigenvalue weighted by Gasteiger charge is 2.13. The molecule has 3 aromatic rings. The molecule has 0 radical (unpaired) electrons. The fraction of sp³-hybridized carbons (Fsp3) is 0.167. The summed E-state index contributed by atoms with van der Waals surface area (Å²) < 4.78 is 9.12. The van der Waals surface area contributed by atoms with Crippen molar-refractivity contribution in [1.82, 2.24) is 14.6 Å². The number of nitrogens with zero attached hydrogens (tertiary/aromatic N) is 3. The van der Waals surface area contributed by atoms with Gasteiger partial charge in [0.05, 0.1) is 5.69 Å². The molecule has 2 heterocycles. The van der Waals surface area contributed by atoms with Crippen molar-refractivity contribution < 1.29 is 9.21 Å². The number of rotatable bonds is 2. The van der Waals surface area contributed by atoms with E-state index >= 15 is 0 Å². The van der Waals surface area contributed by atoms with Crippen LogP contribution in [0.25, 0.3) is 11.1 Å². The van der Waals surface area contributed by atoms with E-state index in [-0.39, 0.29) is 5.91 Å². The lowest BCUT2D eigenvalue weighted by Crippen LogP contribution is -2.11. The Morgan fingerprint density at radius 2 is 2.21 bits per heavy atom. The minimum absolute atomic E-state index is 0.216. The number of amides is 1. The molecular formula is C12H10N4O2S. The first kappa shape index (κ1) is 11.8. The van der Waals surface area contributed by atoms with Crippen molar-refractivity contribution in [1.29, 1.82) is 0 Å². The number of fused-ring (bicyclic) bond motifs is 1. The van der Waals surface area contributed by atoms with Crippen LogP contribution in [-0.2, 0) is 0 Å². The number of anilines is 1.